The predicted molar refractivity (Wildman–Crippen MR) is 74.1 cm³/mol. The van der Waals surface area contributed by atoms with Crippen LogP contribution in [0.2, 0.25) is 0 Å². The Morgan fingerprint density at radius 2 is 2.21 bits per heavy atom. The first-order valence-electron chi connectivity index (χ1n) is 6.42. The molecule has 5 nitrogen and oxygen atoms in total. The van der Waals surface area contributed by atoms with Crippen LogP contribution in [0, 0.1) is 0 Å². The van der Waals surface area contributed by atoms with Crippen molar-refractivity contribution >= 4 is 0 Å². The molecule has 0 saturated heterocycles. The van der Waals surface area contributed by atoms with E-state index >= 15 is 0 Å². The Bertz CT molecular complexity index is 522. The fourth-order valence-electron chi connectivity index (χ4n) is 1.78. The summed E-state index contributed by atoms with van der Waals surface area (Å²) < 4.78 is 7.23. The molecular weight excluding hydrogens is 240 g/mol. The molecule has 2 aromatic rings. The molecule has 5 heteroatoms. The van der Waals surface area contributed by atoms with E-state index in [4.69, 9.17) is 4.74 Å². The van der Waals surface area contributed by atoms with Gasteiger partial charge in [0.2, 0.25) is 5.88 Å². The lowest BCUT2D eigenvalue weighted by Crippen LogP contribution is -2.24. The van der Waals surface area contributed by atoms with Gasteiger partial charge in [0.15, 0.2) is 0 Å². The van der Waals surface area contributed by atoms with Crippen LogP contribution in [0.25, 0.3) is 0 Å². The highest BCUT2D eigenvalue weighted by atomic mass is 16.5. The van der Waals surface area contributed by atoms with E-state index in [2.05, 4.69) is 33.7 Å². The molecule has 0 aliphatic carbocycles. The van der Waals surface area contributed by atoms with Crippen molar-refractivity contribution in [2.45, 2.75) is 33.0 Å². The van der Waals surface area contributed by atoms with Crippen LogP contribution in [0.1, 0.15) is 25.4 Å². The molecule has 0 fully saturated rings. The Morgan fingerprint density at radius 3 is 2.95 bits per heavy atom. The Labute approximate surface area is 113 Å². The number of methoxy groups -OCH3 is 1. The normalized spacial score (nSPS) is 10.9. The summed E-state index contributed by atoms with van der Waals surface area (Å²) in [5.41, 5.74) is 0.961. The maximum absolute atomic E-state index is 5.13. The quantitative estimate of drug-likeness (QED) is 0.861. The minimum atomic E-state index is 0.445. The third-order valence-corrected chi connectivity index (χ3v) is 2.79. The van der Waals surface area contributed by atoms with Crippen LogP contribution in [0.15, 0.2) is 30.6 Å². The summed E-state index contributed by atoms with van der Waals surface area (Å²) in [5.74, 6) is 1.65. The van der Waals surface area contributed by atoms with Crippen molar-refractivity contribution in [2.24, 2.45) is 0 Å². The molecule has 0 aromatic carbocycles. The fourth-order valence-corrected chi connectivity index (χ4v) is 1.78. The molecule has 0 bridgehead atoms. The molecule has 102 valence electrons. The van der Waals surface area contributed by atoms with Crippen molar-refractivity contribution in [3.05, 3.63) is 42.1 Å². The second kappa shape index (κ2) is 6.33. The SMILES string of the molecule is COc1cccc(Cn2ccnc2CNC(C)C)n1. The molecule has 0 radical (unpaired) electrons. The zero-order chi connectivity index (χ0) is 13.7. The smallest absolute Gasteiger partial charge is 0.213 e. The van der Waals surface area contributed by atoms with Gasteiger partial charge in [-0.2, -0.15) is 0 Å². The molecule has 0 unspecified atom stereocenters. The molecular formula is C14H20N4O. The lowest BCUT2D eigenvalue weighted by Gasteiger charge is -2.11. The standard InChI is InChI=1S/C14H20N4O/c1-11(2)16-9-13-15-7-8-18(13)10-12-5-4-6-14(17-12)19-3/h4-8,11,16H,9-10H2,1-3H3. The molecule has 2 rings (SSSR count). The highest BCUT2D eigenvalue weighted by molar-refractivity contribution is 5.16. The third kappa shape index (κ3) is 3.79. The van der Waals surface area contributed by atoms with Crippen LogP contribution in [-0.2, 0) is 13.1 Å². The number of aromatic nitrogens is 3. The van der Waals surface area contributed by atoms with Gasteiger partial charge in [-0.1, -0.05) is 19.9 Å². The maximum Gasteiger partial charge on any atom is 0.213 e. The number of ether oxygens (including phenoxy) is 1. The van der Waals surface area contributed by atoms with E-state index in [9.17, 15) is 0 Å². The summed E-state index contributed by atoms with van der Waals surface area (Å²) in [6.45, 7) is 5.70. The minimum Gasteiger partial charge on any atom is -0.481 e. The fraction of sp³-hybridized carbons (Fsp3) is 0.429. The van der Waals surface area contributed by atoms with Crippen LogP contribution in [0.5, 0.6) is 5.88 Å². The van der Waals surface area contributed by atoms with Crippen LogP contribution in [0.3, 0.4) is 0 Å². The second-order valence-corrected chi connectivity index (χ2v) is 4.68. The summed E-state index contributed by atoms with van der Waals surface area (Å²) in [6, 6.07) is 6.23. The third-order valence-electron chi connectivity index (χ3n) is 2.79. The van der Waals surface area contributed by atoms with Crippen molar-refractivity contribution < 1.29 is 4.74 Å². The summed E-state index contributed by atoms with van der Waals surface area (Å²) in [5, 5.41) is 3.37. The van der Waals surface area contributed by atoms with Crippen LogP contribution < -0.4 is 10.1 Å². The van der Waals surface area contributed by atoms with Gasteiger partial charge >= 0.3 is 0 Å². The highest BCUT2D eigenvalue weighted by Crippen LogP contribution is 2.09. The first kappa shape index (κ1) is 13.5. The van der Waals surface area contributed by atoms with Gasteiger partial charge in [0.25, 0.3) is 0 Å². The van der Waals surface area contributed by atoms with E-state index in [0.717, 1.165) is 18.1 Å². The molecule has 0 saturated carbocycles. The number of imidazole rings is 1. The van der Waals surface area contributed by atoms with Crippen molar-refractivity contribution in [3.63, 3.8) is 0 Å². The predicted octanol–water partition coefficient (Wildman–Crippen LogP) is 1.83. The van der Waals surface area contributed by atoms with Gasteiger partial charge in [0, 0.05) is 24.5 Å². The minimum absolute atomic E-state index is 0.445. The van der Waals surface area contributed by atoms with E-state index in [1.54, 1.807) is 7.11 Å². The number of nitrogens with one attached hydrogen (secondary N) is 1. The van der Waals surface area contributed by atoms with Crippen molar-refractivity contribution in [1.82, 2.24) is 19.9 Å². The first-order valence-corrected chi connectivity index (χ1v) is 6.42. The number of rotatable bonds is 6. The van der Waals surface area contributed by atoms with Crippen LogP contribution >= 0.6 is 0 Å². The van der Waals surface area contributed by atoms with Gasteiger partial charge in [-0.3, -0.25) is 0 Å². The molecule has 1 N–H and O–H groups in total. The van der Waals surface area contributed by atoms with Gasteiger partial charge in [-0.15, -0.1) is 0 Å². The number of hydrogen-bond acceptors (Lipinski definition) is 4. The highest BCUT2D eigenvalue weighted by Gasteiger charge is 2.05. The van der Waals surface area contributed by atoms with E-state index in [-0.39, 0.29) is 0 Å². The van der Waals surface area contributed by atoms with Gasteiger partial charge in [-0.25, -0.2) is 9.97 Å². The summed E-state index contributed by atoms with van der Waals surface area (Å²) >= 11 is 0. The lowest BCUT2D eigenvalue weighted by molar-refractivity contribution is 0.395. The zero-order valence-electron chi connectivity index (χ0n) is 11.6. The topological polar surface area (TPSA) is 52.0 Å². The first-order chi connectivity index (χ1) is 9.19. The second-order valence-electron chi connectivity index (χ2n) is 4.68. The number of pyridine rings is 1. The van der Waals surface area contributed by atoms with E-state index in [1.807, 2.05) is 30.6 Å². The van der Waals surface area contributed by atoms with E-state index < -0.39 is 0 Å². The molecule has 0 atom stereocenters. The Morgan fingerprint density at radius 1 is 1.37 bits per heavy atom. The average molecular weight is 260 g/mol. The average Bonchev–Trinajstić information content (AvgIpc) is 2.84. The van der Waals surface area contributed by atoms with Crippen molar-refractivity contribution in [1.29, 1.82) is 0 Å². The molecule has 19 heavy (non-hydrogen) atoms. The van der Waals surface area contributed by atoms with Crippen molar-refractivity contribution in [3.8, 4) is 5.88 Å². The Kier molecular flexibility index (Phi) is 4.52. The number of nitrogens with zero attached hydrogens (tertiary/aromatic N) is 3. The van der Waals surface area contributed by atoms with E-state index in [0.29, 0.717) is 18.5 Å². The van der Waals surface area contributed by atoms with Crippen molar-refractivity contribution in [2.75, 3.05) is 7.11 Å². The zero-order valence-corrected chi connectivity index (χ0v) is 11.6. The summed E-state index contributed by atoms with van der Waals surface area (Å²) in [4.78, 5) is 8.78. The number of hydrogen-bond donors (Lipinski definition) is 1. The monoisotopic (exact) mass is 260 g/mol. The lowest BCUT2D eigenvalue weighted by atomic mass is 10.3. The Hall–Kier alpha value is -1.88. The largest absolute Gasteiger partial charge is 0.481 e. The maximum atomic E-state index is 5.13. The molecule has 2 heterocycles. The van der Waals surface area contributed by atoms with Gasteiger partial charge in [0.05, 0.1) is 25.9 Å². The molecule has 0 aliphatic heterocycles. The van der Waals surface area contributed by atoms with Crippen LogP contribution in [-0.4, -0.2) is 27.7 Å². The summed E-state index contributed by atoms with van der Waals surface area (Å²) in [7, 11) is 1.63. The molecule has 2 aromatic heterocycles. The van der Waals surface area contributed by atoms with Gasteiger partial charge < -0.3 is 14.6 Å². The summed E-state index contributed by atoms with van der Waals surface area (Å²) in [6.07, 6.45) is 3.79. The van der Waals surface area contributed by atoms with E-state index in [1.165, 1.54) is 0 Å². The molecule has 0 spiro atoms. The Balaban J connectivity index is 2.08. The molecule has 0 amide bonds. The van der Waals surface area contributed by atoms with Gasteiger partial charge in [-0.05, 0) is 6.07 Å². The molecule has 0 aliphatic rings. The van der Waals surface area contributed by atoms with Crippen LogP contribution in [0.4, 0.5) is 0 Å². The van der Waals surface area contributed by atoms with Gasteiger partial charge in [0.1, 0.15) is 5.82 Å².